The Kier molecular flexibility index (Phi) is 0.965. The zero-order valence-electron chi connectivity index (χ0n) is 6.46. The normalized spacial score (nSPS) is 32.4. The molecule has 1 aromatic heterocycles. The maximum atomic E-state index is 4.44. The van der Waals surface area contributed by atoms with E-state index in [9.17, 15) is 0 Å². The largest absolute Gasteiger partial charge is 0.261 e. The van der Waals surface area contributed by atoms with Crippen LogP contribution in [0.3, 0.4) is 0 Å². The van der Waals surface area contributed by atoms with Crippen molar-refractivity contribution in [3.05, 3.63) is 29.6 Å². The molecule has 0 radical (unpaired) electrons. The average molecular weight is 145 g/mol. The van der Waals surface area contributed by atoms with Crippen LogP contribution in [0.4, 0.5) is 0 Å². The number of hydrogen-bond acceptors (Lipinski definition) is 1. The third-order valence-electron chi connectivity index (χ3n) is 3.06. The van der Waals surface area contributed by atoms with Gasteiger partial charge in [-0.25, -0.2) is 0 Å². The molecule has 4 rings (SSSR count). The van der Waals surface area contributed by atoms with Gasteiger partial charge in [-0.1, -0.05) is 6.07 Å². The van der Waals surface area contributed by atoms with E-state index in [2.05, 4.69) is 17.1 Å². The van der Waals surface area contributed by atoms with Gasteiger partial charge in [0.25, 0.3) is 0 Å². The molecule has 0 amide bonds. The Hall–Kier alpha value is -0.850. The van der Waals surface area contributed by atoms with Crippen LogP contribution in [0, 0.1) is 5.92 Å². The van der Waals surface area contributed by atoms with Crippen LogP contribution in [-0.2, 0) is 6.42 Å². The molecule has 0 N–H and O–H groups in total. The SMILES string of the molecule is c1cnc2c(c1)CC1CC2C1. The van der Waals surface area contributed by atoms with Crippen molar-refractivity contribution in [1.82, 2.24) is 4.98 Å². The van der Waals surface area contributed by atoms with Gasteiger partial charge in [-0.2, -0.15) is 0 Å². The fraction of sp³-hybridized carbons (Fsp3) is 0.500. The minimum Gasteiger partial charge on any atom is -0.261 e. The summed E-state index contributed by atoms with van der Waals surface area (Å²) < 4.78 is 0. The Labute approximate surface area is 66.5 Å². The van der Waals surface area contributed by atoms with E-state index in [0.717, 1.165) is 11.8 Å². The number of nitrogens with zero attached hydrogens (tertiary/aromatic N) is 1. The van der Waals surface area contributed by atoms with Gasteiger partial charge in [-0.05, 0) is 36.8 Å². The summed E-state index contributed by atoms with van der Waals surface area (Å²) in [6, 6.07) is 4.30. The summed E-state index contributed by atoms with van der Waals surface area (Å²) in [5.74, 6) is 1.82. The van der Waals surface area contributed by atoms with E-state index >= 15 is 0 Å². The quantitative estimate of drug-likeness (QED) is 0.545. The van der Waals surface area contributed by atoms with Gasteiger partial charge in [-0.3, -0.25) is 4.98 Å². The fourth-order valence-electron chi connectivity index (χ4n) is 2.43. The summed E-state index contributed by atoms with van der Waals surface area (Å²) in [7, 11) is 0. The van der Waals surface area contributed by atoms with Crippen molar-refractivity contribution in [3.63, 3.8) is 0 Å². The van der Waals surface area contributed by atoms with Crippen molar-refractivity contribution in [1.29, 1.82) is 0 Å². The first-order valence-corrected chi connectivity index (χ1v) is 4.37. The Morgan fingerprint density at radius 3 is 3.09 bits per heavy atom. The monoisotopic (exact) mass is 145 g/mol. The number of hydrogen-bond donors (Lipinski definition) is 0. The molecule has 0 aliphatic heterocycles. The maximum absolute atomic E-state index is 4.44. The second-order valence-corrected chi connectivity index (χ2v) is 3.79. The number of aromatic nitrogens is 1. The molecule has 0 spiro atoms. The molecule has 1 heteroatoms. The maximum Gasteiger partial charge on any atom is 0.0466 e. The van der Waals surface area contributed by atoms with Crippen LogP contribution in [-0.4, -0.2) is 4.98 Å². The van der Waals surface area contributed by atoms with Crippen LogP contribution >= 0.6 is 0 Å². The standard InChI is InChI=1S/C10H11N/c1-2-8-4-7-5-9(6-7)10(8)11-3-1/h1-3,7,9H,4-6H2. The van der Waals surface area contributed by atoms with Gasteiger partial charge in [0.1, 0.15) is 0 Å². The molecule has 1 nitrogen and oxygen atoms in total. The van der Waals surface area contributed by atoms with Gasteiger partial charge in [0.2, 0.25) is 0 Å². The van der Waals surface area contributed by atoms with Gasteiger partial charge < -0.3 is 0 Å². The van der Waals surface area contributed by atoms with Crippen LogP contribution in [0.1, 0.15) is 30.0 Å². The molecular weight excluding hydrogens is 134 g/mol. The highest BCUT2D eigenvalue weighted by Gasteiger charge is 2.37. The summed E-state index contributed by atoms with van der Waals surface area (Å²) >= 11 is 0. The molecule has 56 valence electrons. The van der Waals surface area contributed by atoms with E-state index in [-0.39, 0.29) is 0 Å². The van der Waals surface area contributed by atoms with Crippen LogP contribution in [0.15, 0.2) is 18.3 Å². The first-order chi connectivity index (χ1) is 5.43. The molecule has 3 aliphatic carbocycles. The smallest absolute Gasteiger partial charge is 0.0466 e. The molecule has 0 aromatic carbocycles. The lowest BCUT2D eigenvalue weighted by atomic mass is 9.64. The Morgan fingerprint density at radius 2 is 2.27 bits per heavy atom. The molecular formula is C10H11N. The van der Waals surface area contributed by atoms with Crippen LogP contribution in [0.2, 0.25) is 0 Å². The fourth-order valence-corrected chi connectivity index (χ4v) is 2.43. The molecule has 1 fully saturated rings. The second-order valence-electron chi connectivity index (χ2n) is 3.79. The summed E-state index contributed by atoms with van der Waals surface area (Å²) in [5, 5.41) is 0. The second kappa shape index (κ2) is 1.84. The minimum absolute atomic E-state index is 0.824. The molecule has 11 heavy (non-hydrogen) atoms. The van der Waals surface area contributed by atoms with Gasteiger partial charge in [-0.15, -0.1) is 0 Å². The lowest BCUT2D eigenvalue weighted by Gasteiger charge is -2.41. The summed E-state index contributed by atoms with van der Waals surface area (Å²) in [4.78, 5) is 4.44. The van der Waals surface area contributed by atoms with E-state index in [1.165, 1.54) is 30.5 Å². The molecule has 1 heterocycles. The van der Waals surface area contributed by atoms with Crippen LogP contribution < -0.4 is 0 Å². The molecule has 2 bridgehead atoms. The van der Waals surface area contributed by atoms with E-state index in [1.807, 2.05) is 6.20 Å². The van der Waals surface area contributed by atoms with E-state index < -0.39 is 0 Å². The third-order valence-corrected chi connectivity index (χ3v) is 3.06. The molecule has 1 aromatic rings. The summed E-state index contributed by atoms with van der Waals surface area (Å²) in [5.41, 5.74) is 2.91. The third kappa shape index (κ3) is 0.684. The van der Waals surface area contributed by atoms with Crippen molar-refractivity contribution in [3.8, 4) is 0 Å². The average Bonchev–Trinajstić information content (AvgIpc) is 2.02. The lowest BCUT2D eigenvalue weighted by molar-refractivity contribution is 0.232. The predicted octanol–water partition coefficient (Wildman–Crippen LogP) is 2.13. The topological polar surface area (TPSA) is 12.9 Å². The zero-order chi connectivity index (χ0) is 7.26. The van der Waals surface area contributed by atoms with Gasteiger partial charge in [0, 0.05) is 17.8 Å². The van der Waals surface area contributed by atoms with Gasteiger partial charge in [0.15, 0.2) is 0 Å². The highest BCUT2D eigenvalue weighted by Crippen LogP contribution is 2.48. The zero-order valence-corrected chi connectivity index (χ0v) is 6.46. The molecule has 0 saturated heterocycles. The van der Waals surface area contributed by atoms with E-state index in [4.69, 9.17) is 0 Å². The lowest BCUT2D eigenvalue weighted by Crippen LogP contribution is -2.31. The highest BCUT2D eigenvalue weighted by atomic mass is 14.7. The van der Waals surface area contributed by atoms with Crippen LogP contribution in [0.25, 0.3) is 0 Å². The minimum atomic E-state index is 0.824. The number of rotatable bonds is 0. The van der Waals surface area contributed by atoms with E-state index in [1.54, 1.807) is 0 Å². The summed E-state index contributed by atoms with van der Waals surface area (Å²) in [6.45, 7) is 0. The van der Waals surface area contributed by atoms with Crippen molar-refractivity contribution in [2.45, 2.75) is 25.2 Å². The first-order valence-electron chi connectivity index (χ1n) is 4.37. The predicted molar refractivity (Wildman–Crippen MR) is 43.4 cm³/mol. The number of pyridine rings is 1. The Morgan fingerprint density at radius 1 is 1.36 bits per heavy atom. The van der Waals surface area contributed by atoms with Crippen molar-refractivity contribution < 1.29 is 0 Å². The first kappa shape index (κ1) is 5.76. The van der Waals surface area contributed by atoms with E-state index in [0.29, 0.717) is 0 Å². The van der Waals surface area contributed by atoms with Crippen molar-refractivity contribution in [2.24, 2.45) is 5.92 Å². The molecule has 0 unspecified atom stereocenters. The van der Waals surface area contributed by atoms with Crippen molar-refractivity contribution in [2.75, 3.05) is 0 Å². The highest BCUT2D eigenvalue weighted by molar-refractivity contribution is 5.30. The molecule has 3 aliphatic rings. The summed E-state index contributed by atoms with van der Waals surface area (Å²) in [6.07, 6.45) is 6.03. The van der Waals surface area contributed by atoms with Crippen LogP contribution in [0.5, 0.6) is 0 Å². The molecule has 0 atom stereocenters. The van der Waals surface area contributed by atoms with Gasteiger partial charge in [0.05, 0.1) is 0 Å². The molecule has 1 saturated carbocycles. The van der Waals surface area contributed by atoms with Gasteiger partial charge >= 0.3 is 0 Å². The Bertz CT molecular complexity index is 287. The van der Waals surface area contributed by atoms with Crippen molar-refractivity contribution >= 4 is 0 Å². The Balaban J connectivity index is 2.16.